The van der Waals surface area contributed by atoms with Crippen LogP contribution in [-0.2, 0) is 11.3 Å². The molecule has 0 unspecified atom stereocenters. The summed E-state index contributed by atoms with van der Waals surface area (Å²) in [5, 5.41) is 3.48. The number of benzene rings is 1. The van der Waals surface area contributed by atoms with E-state index in [0.29, 0.717) is 29.8 Å². The van der Waals surface area contributed by atoms with Gasteiger partial charge in [-0.2, -0.15) is 0 Å². The van der Waals surface area contributed by atoms with E-state index in [0.717, 1.165) is 12.0 Å². The van der Waals surface area contributed by atoms with Crippen LogP contribution in [0.3, 0.4) is 0 Å². The number of nitrogens with zero attached hydrogens (tertiary/aromatic N) is 2. The predicted octanol–water partition coefficient (Wildman–Crippen LogP) is 2.25. The average molecular weight is 333 g/mol. The average Bonchev–Trinajstić information content (AvgIpc) is 2.76. The molecule has 0 atom stereocenters. The maximum atomic E-state index is 13.3. The van der Waals surface area contributed by atoms with E-state index in [-0.39, 0.29) is 30.8 Å². The van der Waals surface area contributed by atoms with E-state index < -0.39 is 0 Å². The number of nitrogens with one attached hydrogen (secondary N) is 1. The van der Waals surface area contributed by atoms with Gasteiger partial charge in [0.05, 0.1) is 6.54 Å². The first-order valence-electron chi connectivity index (χ1n) is 7.90. The van der Waals surface area contributed by atoms with Crippen molar-refractivity contribution in [2.75, 3.05) is 26.7 Å². The van der Waals surface area contributed by atoms with Crippen molar-refractivity contribution in [2.24, 2.45) is 0 Å². The van der Waals surface area contributed by atoms with Gasteiger partial charge in [-0.1, -0.05) is 0 Å². The van der Waals surface area contributed by atoms with E-state index in [1.54, 1.807) is 18.0 Å². The van der Waals surface area contributed by atoms with Crippen LogP contribution in [0, 0.1) is 12.7 Å². The number of carbonyl (C=O) groups is 2. The molecule has 3 rings (SSSR count). The van der Waals surface area contributed by atoms with E-state index in [9.17, 15) is 14.0 Å². The molecule has 0 spiro atoms. The van der Waals surface area contributed by atoms with E-state index in [4.69, 9.17) is 4.42 Å². The highest BCUT2D eigenvalue weighted by atomic mass is 19.1. The first-order valence-corrected chi connectivity index (χ1v) is 7.90. The summed E-state index contributed by atoms with van der Waals surface area (Å²) in [5.41, 5.74) is 1.39. The van der Waals surface area contributed by atoms with Crippen LogP contribution in [0.5, 0.6) is 0 Å². The van der Waals surface area contributed by atoms with E-state index in [1.165, 1.54) is 17.0 Å². The van der Waals surface area contributed by atoms with Gasteiger partial charge in [0.25, 0.3) is 0 Å². The van der Waals surface area contributed by atoms with E-state index in [1.807, 2.05) is 6.92 Å². The number of carbonyl (C=O) groups excluding carboxylic acids is 2. The summed E-state index contributed by atoms with van der Waals surface area (Å²) in [6.45, 7) is 3.29. The zero-order chi connectivity index (χ0) is 17.3. The van der Waals surface area contributed by atoms with Crippen molar-refractivity contribution in [3.05, 3.63) is 35.3 Å². The van der Waals surface area contributed by atoms with Crippen molar-refractivity contribution in [1.82, 2.24) is 15.1 Å². The lowest BCUT2D eigenvalue weighted by Crippen LogP contribution is -2.43. The van der Waals surface area contributed by atoms with Gasteiger partial charge in [-0.05, 0) is 31.5 Å². The van der Waals surface area contributed by atoms with Crippen LogP contribution in [0.25, 0.3) is 11.0 Å². The normalized spacial score (nSPS) is 15.7. The minimum atomic E-state index is -0.325. The third kappa shape index (κ3) is 3.20. The van der Waals surface area contributed by atoms with Gasteiger partial charge in [0.15, 0.2) is 0 Å². The number of aryl methyl sites for hydroxylation is 1. The molecule has 1 fully saturated rings. The van der Waals surface area contributed by atoms with Crippen LogP contribution in [-0.4, -0.2) is 48.4 Å². The Balaban J connectivity index is 1.68. The molecular weight excluding hydrogens is 313 g/mol. The molecule has 24 heavy (non-hydrogen) atoms. The molecule has 1 aromatic heterocycles. The van der Waals surface area contributed by atoms with Crippen molar-refractivity contribution in [1.29, 1.82) is 0 Å². The lowest BCUT2D eigenvalue weighted by Gasteiger charge is -2.20. The molecular formula is C17H20FN3O3. The van der Waals surface area contributed by atoms with E-state index in [2.05, 4.69) is 5.32 Å². The molecule has 1 N–H and O–H groups in total. The monoisotopic (exact) mass is 333 g/mol. The molecule has 1 aliphatic rings. The molecule has 7 heteroatoms. The zero-order valence-corrected chi connectivity index (χ0v) is 13.8. The minimum Gasteiger partial charge on any atom is -0.459 e. The summed E-state index contributed by atoms with van der Waals surface area (Å²) >= 11 is 0. The molecule has 128 valence electrons. The second-order valence-electron chi connectivity index (χ2n) is 6.04. The lowest BCUT2D eigenvalue weighted by molar-refractivity contribution is -0.129. The summed E-state index contributed by atoms with van der Waals surface area (Å²) in [6.07, 6.45) is 0.749. The Morgan fingerprint density at radius 2 is 2.17 bits per heavy atom. The third-order valence-electron chi connectivity index (χ3n) is 4.36. The Morgan fingerprint density at radius 1 is 1.38 bits per heavy atom. The van der Waals surface area contributed by atoms with Gasteiger partial charge in [-0.3, -0.25) is 4.79 Å². The predicted molar refractivity (Wildman–Crippen MR) is 87.0 cm³/mol. The van der Waals surface area contributed by atoms with Crippen molar-refractivity contribution >= 4 is 22.9 Å². The summed E-state index contributed by atoms with van der Waals surface area (Å²) in [4.78, 5) is 27.3. The van der Waals surface area contributed by atoms with Crippen LogP contribution in [0.15, 0.2) is 22.6 Å². The van der Waals surface area contributed by atoms with Gasteiger partial charge in [0, 0.05) is 31.1 Å². The largest absolute Gasteiger partial charge is 0.459 e. The molecule has 2 heterocycles. The Morgan fingerprint density at radius 3 is 2.96 bits per heavy atom. The van der Waals surface area contributed by atoms with Crippen LogP contribution in [0.4, 0.5) is 9.18 Å². The number of halogens is 1. The highest BCUT2D eigenvalue weighted by Gasteiger charge is 2.23. The SMILES string of the molecule is Cc1c(CNC(=O)N2CCCN(C)C(=O)C2)oc2ccc(F)cc12. The zero-order valence-electron chi connectivity index (χ0n) is 13.8. The highest BCUT2D eigenvalue weighted by molar-refractivity contribution is 5.85. The van der Waals surface area contributed by atoms with Crippen molar-refractivity contribution in [3.63, 3.8) is 0 Å². The summed E-state index contributed by atoms with van der Waals surface area (Å²) < 4.78 is 19.0. The number of urea groups is 1. The minimum absolute atomic E-state index is 0.0713. The Hall–Kier alpha value is -2.57. The van der Waals surface area contributed by atoms with Gasteiger partial charge < -0.3 is 19.5 Å². The van der Waals surface area contributed by atoms with Gasteiger partial charge >= 0.3 is 6.03 Å². The Labute approximate surface area is 139 Å². The molecule has 1 saturated heterocycles. The Bertz CT molecular complexity index is 787. The molecule has 0 saturated carbocycles. The fourth-order valence-electron chi connectivity index (χ4n) is 2.84. The van der Waals surface area contributed by atoms with Gasteiger partial charge in [-0.15, -0.1) is 0 Å². The lowest BCUT2D eigenvalue weighted by atomic mass is 10.1. The van der Waals surface area contributed by atoms with Crippen molar-refractivity contribution in [3.8, 4) is 0 Å². The quantitative estimate of drug-likeness (QED) is 0.917. The van der Waals surface area contributed by atoms with Gasteiger partial charge in [0.2, 0.25) is 5.91 Å². The fourth-order valence-corrected chi connectivity index (χ4v) is 2.84. The number of likely N-dealkylation sites (N-methyl/N-ethyl adjacent to an activating group) is 1. The number of hydrogen-bond acceptors (Lipinski definition) is 3. The fraction of sp³-hybridized carbons (Fsp3) is 0.412. The second-order valence-corrected chi connectivity index (χ2v) is 6.04. The molecule has 1 aromatic carbocycles. The number of rotatable bonds is 2. The topological polar surface area (TPSA) is 65.8 Å². The molecule has 1 aliphatic heterocycles. The summed E-state index contributed by atoms with van der Waals surface area (Å²) in [6, 6.07) is 4.03. The summed E-state index contributed by atoms with van der Waals surface area (Å²) in [7, 11) is 1.74. The maximum Gasteiger partial charge on any atom is 0.318 e. The molecule has 0 bridgehead atoms. The smallest absolute Gasteiger partial charge is 0.318 e. The molecule has 2 aromatic rings. The number of amides is 3. The maximum absolute atomic E-state index is 13.3. The van der Waals surface area contributed by atoms with Crippen molar-refractivity contribution in [2.45, 2.75) is 19.9 Å². The van der Waals surface area contributed by atoms with Crippen LogP contribution in [0.2, 0.25) is 0 Å². The highest BCUT2D eigenvalue weighted by Crippen LogP contribution is 2.25. The van der Waals surface area contributed by atoms with Crippen molar-refractivity contribution < 1.29 is 18.4 Å². The molecule has 6 nitrogen and oxygen atoms in total. The van der Waals surface area contributed by atoms with Crippen LogP contribution >= 0.6 is 0 Å². The first-order chi connectivity index (χ1) is 11.5. The van der Waals surface area contributed by atoms with Gasteiger partial charge in [-0.25, -0.2) is 9.18 Å². The van der Waals surface area contributed by atoms with E-state index >= 15 is 0 Å². The second kappa shape index (κ2) is 6.51. The number of hydrogen-bond donors (Lipinski definition) is 1. The first kappa shape index (κ1) is 16.3. The van der Waals surface area contributed by atoms with Gasteiger partial charge in [0.1, 0.15) is 23.7 Å². The number of fused-ring (bicyclic) bond motifs is 1. The summed E-state index contributed by atoms with van der Waals surface area (Å²) in [5.74, 6) is 0.189. The molecule has 0 radical (unpaired) electrons. The molecule has 3 amide bonds. The molecule has 0 aliphatic carbocycles. The van der Waals surface area contributed by atoms with Crippen LogP contribution in [0.1, 0.15) is 17.7 Å². The number of furan rings is 1. The standard InChI is InChI=1S/C17H20FN3O3/c1-11-13-8-12(18)4-5-14(13)24-15(11)9-19-17(23)21-7-3-6-20(2)16(22)10-21/h4-5,8H,3,6-7,9-10H2,1-2H3,(H,19,23). The third-order valence-corrected chi connectivity index (χ3v) is 4.36. The van der Waals surface area contributed by atoms with Crippen LogP contribution < -0.4 is 5.32 Å². The Kier molecular flexibility index (Phi) is 4.42.